The zero-order valence-electron chi connectivity index (χ0n) is 23.6. The maximum Gasteiger partial charge on any atom is 0.202 e. The fraction of sp³-hybridized carbons (Fsp3) is 0. The van der Waals surface area contributed by atoms with Gasteiger partial charge in [0.05, 0.1) is 0 Å². The van der Waals surface area contributed by atoms with Gasteiger partial charge in [-0.2, -0.15) is 0 Å². The third-order valence-electron chi connectivity index (χ3n) is 7.51. The third kappa shape index (κ3) is 5.70. The van der Waals surface area contributed by atoms with Gasteiger partial charge in [0.2, 0.25) is 11.6 Å². The van der Waals surface area contributed by atoms with E-state index in [9.17, 15) is 0 Å². The number of benzene rings is 4. The maximum absolute atomic E-state index is 5.09. The van der Waals surface area contributed by atoms with Gasteiger partial charge in [-0.05, 0) is 187 Å². The van der Waals surface area contributed by atoms with Gasteiger partial charge in [0.15, 0.2) is 23.3 Å². The van der Waals surface area contributed by atoms with Crippen LogP contribution in [0, 0.1) is 14.3 Å². The molecule has 4 aliphatic heterocycles. The Morgan fingerprint density at radius 2 is 0.500 bits per heavy atom. The van der Waals surface area contributed by atoms with Crippen molar-refractivity contribution in [3.8, 4) is 0 Å². The van der Waals surface area contributed by atoms with Gasteiger partial charge in [0.25, 0.3) is 0 Å². The fourth-order valence-corrected chi connectivity index (χ4v) is 6.73. The molecule has 8 nitrogen and oxygen atoms in total. The number of anilines is 4. The van der Waals surface area contributed by atoms with Crippen molar-refractivity contribution in [2.75, 3.05) is 19.6 Å². The van der Waals surface area contributed by atoms with Gasteiger partial charge in [0, 0.05) is 61.8 Å². The molecule has 4 heterocycles. The average Bonchev–Trinajstić information content (AvgIpc) is 3.72. The summed E-state index contributed by atoms with van der Waals surface area (Å²) in [7, 11) is 0. The predicted molar refractivity (Wildman–Crippen MR) is 222 cm³/mol. The Bertz CT molecular complexity index is 1780. The second-order valence-electron chi connectivity index (χ2n) is 10.4. The average molecular weight is 1050 g/mol. The molecule has 8 rings (SSSR count). The summed E-state index contributed by atoms with van der Waals surface area (Å²) in [5.74, 6) is 3.76. The highest BCUT2D eigenvalue weighted by Crippen LogP contribution is 2.34. The van der Waals surface area contributed by atoms with E-state index >= 15 is 0 Å². The van der Waals surface area contributed by atoms with Crippen molar-refractivity contribution in [1.82, 2.24) is 0 Å². The van der Waals surface area contributed by atoms with Crippen LogP contribution in [0.25, 0.3) is 0 Å². The highest BCUT2D eigenvalue weighted by atomic mass is 127. The molecule has 46 heavy (non-hydrogen) atoms. The van der Waals surface area contributed by atoms with E-state index in [2.05, 4.69) is 207 Å². The number of fused-ring (bicyclic) bond motifs is 2. The van der Waals surface area contributed by atoms with Gasteiger partial charge in [-0.1, -0.05) is 0 Å². The van der Waals surface area contributed by atoms with Gasteiger partial charge < -0.3 is 0 Å². The minimum Gasteiger partial charge on any atom is -0.297 e. The molecule has 0 spiro atoms. The Morgan fingerprint density at radius 3 is 0.696 bits per heavy atom. The highest BCUT2D eigenvalue weighted by Gasteiger charge is 2.36. The van der Waals surface area contributed by atoms with Gasteiger partial charge in [-0.15, -0.1) is 0 Å². The summed E-state index contributed by atoms with van der Waals surface area (Å²) in [5, 5.41) is 0. The monoisotopic (exact) mass is 1050 g/mol. The number of amidine groups is 4. The number of hydrogen-bond donors (Lipinski definition) is 0. The van der Waals surface area contributed by atoms with Crippen molar-refractivity contribution in [3.05, 3.63) is 148 Å². The zero-order valence-corrected chi connectivity index (χ0v) is 32.3. The largest absolute Gasteiger partial charge is 0.297 e. The number of hydrogen-bond acceptors (Lipinski definition) is 8. The minimum absolute atomic E-state index is 0.458. The fourth-order valence-electron chi connectivity index (χ4n) is 5.29. The standard InChI is InChI=1S/C34H20I4N8/c35-21-1-9-25(10-2-21)43-17-18-44(26-11-3-22(36)4-12-26)32-31(43)39-29(40-32)30-41-33-34(42-30)46(28-15-7-24(38)8-16-28)20-19-45(33)27-13-5-23(37)6-14-27/h1-20H. The molecular formula is C34H20I4N8. The van der Waals surface area contributed by atoms with Crippen LogP contribution in [0.4, 0.5) is 22.7 Å². The summed E-state index contributed by atoms with van der Waals surface area (Å²) >= 11 is 9.28. The number of aliphatic imine (C=N–C) groups is 4. The lowest BCUT2D eigenvalue weighted by Gasteiger charge is -2.31. The van der Waals surface area contributed by atoms with E-state index in [1.807, 2.05) is 24.8 Å². The van der Waals surface area contributed by atoms with Crippen molar-refractivity contribution < 1.29 is 0 Å². The van der Waals surface area contributed by atoms with Crippen molar-refractivity contribution in [2.24, 2.45) is 20.0 Å². The Morgan fingerprint density at radius 1 is 0.304 bits per heavy atom. The van der Waals surface area contributed by atoms with Crippen LogP contribution in [0.3, 0.4) is 0 Å². The molecule has 4 aliphatic rings. The van der Waals surface area contributed by atoms with Crippen LogP contribution in [0.5, 0.6) is 0 Å². The lowest BCUT2D eigenvalue weighted by atomic mass is 10.2. The van der Waals surface area contributed by atoms with Crippen molar-refractivity contribution in [2.45, 2.75) is 0 Å². The molecule has 0 saturated heterocycles. The Kier molecular flexibility index (Phi) is 8.22. The molecule has 0 aliphatic carbocycles. The number of halogens is 4. The van der Waals surface area contributed by atoms with Gasteiger partial charge in [-0.3, -0.25) is 19.6 Å². The van der Waals surface area contributed by atoms with Crippen molar-refractivity contribution in [3.63, 3.8) is 0 Å². The summed E-state index contributed by atoms with van der Waals surface area (Å²) in [5.41, 5.74) is 3.98. The Balaban J connectivity index is 1.27. The summed E-state index contributed by atoms with van der Waals surface area (Å²) in [6, 6.07) is 33.4. The summed E-state index contributed by atoms with van der Waals surface area (Å²) in [6.45, 7) is 0. The number of rotatable bonds is 4. The van der Waals surface area contributed by atoms with Crippen LogP contribution >= 0.6 is 90.4 Å². The molecule has 0 bridgehead atoms. The molecule has 0 saturated carbocycles. The molecule has 0 N–H and O–H groups in total. The lowest BCUT2D eigenvalue weighted by molar-refractivity contribution is 1.12. The van der Waals surface area contributed by atoms with Crippen LogP contribution in [0.15, 0.2) is 153 Å². The summed E-state index contributed by atoms with van der Waals surface area (Å²) in [4.78, 5) is 28.6. The van der Waals surface area contributed by atoms with E-state index in [1.165, 1.54) is 0 Å². The van der Waals surface area contributed by atoms with Crippen LogP contribution < -0.4 is 19.6 Å². The molecule has 12 heteroatoms. The summed E-state index contributed by atoms with van der Waals surface area (Å²) < 4.78 is 4.66. The van der Waals surface area contributed by atoms with Gasteiger partial charge in [-0.25, -0.2) is 20.0 Å². The molecule has 0 unspecified atom stereocenters. The second kappa shape index (κ2) is 12.5. The Hall–Kier alpha value is -3.10. The molecule has 0 amide bonds. The molecule has 0 aromatic heterocycles. The smallest absolute Gasteiger partial charge is 0.202 e. The molecule has 4 aromatic rings. The quantitative estimate of drug-likeness (QED) is 0.192. The van der Waals surface area contributed by atoms with Crippen molar-refractivity contribution >= 4 is 136 Å². The zero-order chi connectivity index (χ0) is 31.4. The van der Waals surface area contributed by atoms with E-state index in [-0.39, 0.29) is 0 Å². The maximum atomic E-state index is 5.09. The first kappa shape index (κ1) is 30.2. The van der Waals surface area contributed by atoms with Crippen molar-refractivity contribution in [1.29, 1.82) is 0 Å². The molecular weight excluding hydrogens is 1030 g/mol. The van der Waals surface area contributed by atoms with E-state index in [0.29, 0.717) is 35.0 Å². The first-order valence-electron chi connectivity index (χ1n) is 14.1. The summed E-state index contributed by atoms with van der Waals surface area (Å²) in [6.07, 6.45) is 8.11. The highest BCUT2D eigenvalue weighted by molar-refractivity contribution is 14.1. The number of nitrogens with zero attached hydrogens (tertiary/aromatic N) is 8. The van der Waals surface area contributed by atoms with E-state index in [0.717, 1.165) is 37.0 Å². The molecule has 0 atom stereocenters. The second-order valence-corrected chi connectivity index (χ2v) is 15.4. The molecule has 0 fully saturated rings. The Labute approximate surface area is 320 Å². The van der Waals surface area contributed by atoms with Gasteiger partial charge in [0.1, 0.15) is 0 Å². The first-order chi connectivity index (χ1) is 22.4. The molecule has 0 radical (unpaired) electrons. The lowest BCUT2D eigenvalue weighted by Crippen LogP contribution is -2.44. The molecule has 4 aromatic carbocycles. The van der Waals surface area contributed by atoms with E-state index in [1.54, 1.807) is 0 Å². The van der Waals surface area contributed by atoms with Crippen LogP contribution in [-0.2, 0) is 0 Å². The predicted octanol–water partition coefficient (Wildman–Crippen LogP) is 9.15. The van der Waals surface area contributed by atoms with Gasteiger partial charge >= 0.3 is 0 Å². The molecule has 224 valence electrons. The SMILES string of the molecule is Ic1ccc(N2C=CN(c3ccc(I)cc3)C3=NC(=C4N=C5C(=N4)N(c4ccc(I)cc4)C=CN5c4ccc(I)cc4)N=C32)cc1. The normalized spacial score (nSPS) is 16.8. The van der Waals surface area contributed by atoms with Crippen LogP contribution in [0.2, 0.25) is 0 Å². The topological polar surface area (TPSA) is 62.4 Å². The third-order valence-corrected chi connectivity index (χ3v) is 10.4. The van der Waals surface area contributed by atoms with E-state index < -0.39 is 0 Å². The van der Waals surface area contributed by atoms with E-state index in [4.69, 9.17) is 20.0 Å². The first-order valence-corrected chi connectivity index (χ1v) is 18.4. The van der Waals surface area contributed by atoms with Crippen LogP contribution in [-0.4, -0.2) is 23.3 Å². The minimum atomic E-state index is 0.458. The van der Waals surface area contributed by atoms with Crippen LogP contribution in [0.1, 0.15) is 0 Å².